The van der Waals surface area contributed by atoms with Crippen molar-refractivity contribution in [1.29, 1.82) is 0 Å². The van der Waals surface area contributed by atoms with Gasteiger partial charge in [-0.15, -0.1) is 0 Å². The third-order valence-electron chi connectivity index (χ3n) is 4.98. The van der Waals surface area contributed by atoms with Crippen LogP contribution in [0.1, 0.15) is 55.6 Å². The summed E-state index contributed by atoms with van der Waals surface area (Å²) in [5, 5.41) is 4.39. The van der Waals surface area contributed by atoms with E-state index in [1.807, 2.05) is 13.8 Å². The van der Waals surface area contributed by atoms with E-state index >= 15 is 0 Å². The fourth-order valence-electron chi connectivity index (χ4n) is 3.65. The number of carbonyl (C=O) groups excluding carboxylic acids is 2. The molecule has 0 N–H and O–H groups in total. The van der Waals surface area contributed by atoms with Crippen LogP contribution in [0, 0.1) is 11.7 Å². The fraction of sp³-hybridized carbons (Fsp3) is 0.476. The van der Waals surface area contributed by atoms with Gasteiger partial charge in [-0.3, -0.25) is 9.59 Å². The predicted octanol–water partition coefficient (Wildman–Crippen LogP) is 3.55. The van der Waals surface area contributed by atoms with Crippen LogP contribution in [0.5, 0.6) is 0 Å². The van der Waals surface area contributed by atoms with Gasteiger partial charge in [0.05, 0.1) is 35.7 Å². The van der Waals surface area contributed by atoms with Crippen molar-refractivity contribution in [2.24, 2.45) is 5.92 Å². The number of likely N-dealkylation sites (tertiary alicyclic amines) is 1. The highest BCUT2D eigenvalue weighted by Gasteiger charge is 2.32. The number of carbonyl (C=O) groups is 2. The highest BCUT2D eigenvalue weighted by Crippen LogP contribution is 2.26. The summed E-state index contributed by atoms with van der Waals surface area (Å²) < 4.78 is 20.1. The number of esters is 1. The average molecular weight is 387 g/mol. The van der Waals surface area contributed by atoms with Gasteiger partial charge in [-0.1, -0.05) is 13.8 Å². The van der Waals surface area contributed by atoms with Crippen molar-refractivity contribution in [1.82, 2.24) is 14.7 Å². The van der Waals surface area contributed by atoms with E-state index in [0.717, 1.165) is 18.5 Å². The summed E-state index contributed by atoms with van der Waals surface area (Å²) in [5.74, 6) is -0.946. The molecule has 1 saturated heterocycles. The van der Waals surface area contributed by atoms with Gasteiger partial charge in [0.15, 0.2) is 0 Å². The molecule has 6 nitrogen and oxygen atoms in total. The van der Waals surface area contributed by atoms with Crippen LogP contribution in [0.4, 0.5) is 4.39 Å². The summed E-state index contributed by atoms with van der Waals surface area (Å²) in [7, 11) is 0. The van der Waals surface area contributed by atoms with Crippen molar-refractivity contribution >= 4 is 11.9 Å². The molecule has 1 aliphatic heterocycles. The van der Waals surface area contributed by atoms with Crippen LogP contribution in [-0.4, -0.2) is 46.3 Å². The molecule has 0 radical (unpaired) electrons. The molecule has 1 unspecified atom stereocenters. The largest absolute Gasteiger partial charge is 0.466 e. The number of halogens is 1. The fourth-order valence-corrected chi connectivity index (χ4v) is 3.65. The van der Waals surface area contributed by atoms with Crippen molar-refractivity contribution in [2.45, 2.75) is 39.5 Å². The van der Waals surface area contributed by atoms with Crippen molar-refractivity contribution in [3.05, 3.63) is 47.5 Å². The van der Waals surface area contributed by atoms with Crippen LogP contribution in [-0.2, 0) is 9.53 Å². The molecule has 1 atom stereocenters. The second kappa shape index (κ2) is 8.54. The lowest BCUT2D eigenvalue weighted by molar-refractivity contribution is -0.149. The van der Waals surface area contributed by atoms with Crippen molar-refractivity contribution in [3.63, 3.8) is 0 Å². The van der Waals surface area contributed by atoms with Gasteiger partial charge in [0.2, 0.25) is 0 Å². The first kappa shape index (κ1) is 20.0. The van der Waals surface area contributed by atoms with E-state index in [9.17, 15) is 14.0 Å². The zero-order valence-corrected chi connectivity index (χ0v) is 16.5. The Labute approximate surface area is 164 Å². The number of ether oxygens (including phenoxy) is 1. The SMILES string of the molecule is CCOC(=O)C1CCCN(C(=O)c2cnn(-c3ccc(F)cc3)c2C(C)C)C1. The zero-order chi connectivity index (χ0) is 20.3. The molecule has 2 aromatic rings. The summed E-state index contributed by atoms with van der Waals surface area (Å²) in [6, 6.07) is 6.02. The summed E-state index contributed by atoms with van der Waals surface area (Å²) in [6.45, 7) is 7.06. The van der Waals surface area contributed by atoms with Gasteiger partial charge in [0.25, 0.3) is 5.91 Å². The second-order valence-corrected chi connectivity index (χ2v) is 7.33. The first-order chi connectivity index (χ1) is 13.4. The topological polar surface area (TPSA) is 64.4 Å². The molecule has 1 aromatic heterocycles. The number of rotatable bonds is 5. The summed E-state index contributed by atoms with van der Waals surface area (Å²) in [4.78, 5) is 27.0. The number of aromatic nitrogens is 2. The van der Waals surface area contributed by atoms with Gasteiger partial charge in [0.1, 0.15) is 5.82 Å². The second-order valence-electron chi connectivity index (χ2n) is 7.33. The Morgan fingerprint density at radius 1 is 1.29 bits per heavy atom. The highest BCUT2D eigenvalue weighted by molar-refractivity contribution is 5.96. The third-order valence-corrected chi connectivity index (χ3v) is 4.98. The van der Waals surface area contributed by atoms with Gasteiger partial charge in [-0.05, 0) is 49.9 Å². The van der Waals surface area contributed by atoms with Gasteiger partial charge in [0, 0.05) is 13.1 Å². The maximum atomic E-state index is 13.3. The molecule has 0 saturated carbocycles. The molecule has 1 fully saturated rings. The molecule has 1 aliphatic rings. The Balaban J connectivity index is 1.87. The van der Waals surface area contributed by atoms with E-state index in [0.29, 0.717) is 30.9 Å². The molecule has 0 bridgehead atoms. The van der Waals surface area contributed by atoms with Crippen molar-refractivity contribution in [3.8, 4) is 5.69 Å². The first-order valence-corrected chi connectivity index (χ1v) is 9.72. The van der Waals surface area contributed by atoms with Crippen LogP contribution < -0.4 is 0 Å². The van der Waals surface area contributed by atoms with Crippen LogP contribution >= 0.6 is 0 Å². The van der Waals surface area contributed by atoms with E-state index in [1.54, 1.807) is 34.8 Å². The summed E-state index contributed by atoms with van der Waals surface area (Å²) >= 11 is 0. The molecule has 3 rings (SSSR count). The predicted molar refractivity (Wildman–Crippen MR) is 103 cm³/mol. The lowest BCUT2D eigenvalue weighted by Crippen LogP contribution is -2.43. The Bertz CT molecular complexity index is 845. The van der Waals surface area contributed by atoms with Crippen LogP contribution in [0.25, 0.3) is 5.69 Å². The van der Waals surface area contributed by atoms with Crippen LogP contribution in [0.2, 0.25) is 0 Å². The van der Waals surface area contributed by atoms with Gasteiger partial charge >= 0.3 is 5.97 Å². The van der Waals surface area contributed by atoms with Gasteiger partial charge < -0.3 is 9.64 Å². The molecular formula is C21H26FN3O3. The van der Waals surface area contributed by atoms with E-state index in [4.69, 9.17) is 4.74 Å². The maximum absolute atomic E-state index is 13.3. The summed E-state index contributed by atoms with van der Waals surface area (Å²) in [5.41, 5.74) is 1.99. The number of hydrogen-bond acceptors (Lipinski definition) is 4. The van der Waals surface area contributed by atoms with Crippen molar-refractivity contribution < 1.29 is 18.7 Å². The quantitative estimate of drug-likeness (QED) is 0.736. The number of nitrogens with zero attached hydrogens (tertiary/aromatic N) is 3. The average Bonchev–Trinajstić information content (AvgIpc) is 3.13. The lowest BCUT2D eigenvalue weighted by atomic mass is 9.97. The van der Waals surface area contributed by atoms with Gasteiger partial charge in [-0.25, -0.2) is 9.07 Å². The van der Waals surface area contributed by atoms with Gasteiger partial charge in [-0.2, -0.15) is 5.10 Å². The molecule has 0 aliphatic carbocycles. The highest BCUT2D eigenvalue weighted by atomic mass is 19.1. The third kappa shape index (κ3) is 4.08. The minimum absolute atomic E-state index is 0.0390. The summed E-state index contributed by atoms with van der Waals surface area (Å²) in [6.07, 6.45) is 3.06. The maximum Gasteiger partial charge on any atom is 0.310 e. The monoisotopic (exact) mass is 387 g/mol. The Morgan fingerprint density at radius 2 is 2.00 bits per heavy atom. The number of amides is 1. The minimum Gasteiger partial charge on any atom is -0.466 e. The Kier molecular flexibility index (Phi) is 6.11. The molecule has 28 heavy (non-hydrogen) atoms. The Hall–Kier alpha value is -2.70. The Morgan fingerprint density at radius 3 is 2.64 bits per heavy atom. The van der Waals surface area contributed by atoms with E-state index < -0.39 is 0 Å². The van der Waals surface area contributed by atoms with E-state index in [2.05, 4.69) is 5.10 Å². The van der Waals surface area contributed by atoms with Crippen LogP contribution in [0.3, 0.4) is 0 Å². The smallest absolute Gasteiger partial charge is 0.310 e. The van der Waals surface area contributed by atoms with E-state index in [1.165, 1.54) is 12.1 Å². The number of piperidine rings is 1. The number of hydrogen-bond donors (Lipinski definition) is 0. The molecule has 2 heterocycles. The van der Waals surface area contributed by atoms with Crippen molar-refractivity contribution in [2.75, 3.05) is 19.7 Å². The van der Waals surface area contributed by atoms with E-state index in [-0.39, 0.29) is 29.5 Å². The molecule has 150 valence electrons. The van der Waals surface area contributed by atoms with Crippen LogP contribution in [0.15, 0.2) is 30.5 Å². The first-order valence-electron chi connectivity index (χ1n) is 9.72. The molecule has 0 spiro atoms. The lowest BCUT2D eigenvalue weighted by Gasteiger charge is -2.31. The molecular weight excluding hydrogens is 361 g/mol. The normalized spacial score (nSPS) is 17.0. The molecule has 1 amide bonds. The minimum atomic E-state index is -0.323. The number of benzene rings is 1. The molecule has 1 aromatic carbocycles. The zero-order valence-electron chi connectivity index (χ0n) is 16.5. The standard InChI is InChI=1S/C21H26FN3O3/c1-4-28-21(27)15-6-5-11-24(13-15)20(26)18-12-23-25(19(18)14(2)3)17-9-7-16(22)8-10-17/h7-10,12,14-15H,4-6,11,13H2,1-3H3. The molecule has 7 heteroatoms.